The molecule has 3 aromatic rings. The van der Waals surface area contributed by atoms with E-state index in [2.05, 4.69) is 15.3 Å². The minimum absolute atomic E-state index is 0.128. The molecule has 0 fully saturated rings. The van der Waals surface area contributed by atoms with Gasteiger partial charge in [-0.1, -0.05) is 12.1 Å². The summed E-state index contributed by atoms with van der Waals surface area (Å²) in [6.45, 7) is 0. The first-order chi connectivity index (χ1) is 11.5. The molecule has 0 saturated heterocycles. The van der Waals surface area contributed by atoms with Gasteiger partial charge in [-0.2, -0.15) is 0 Å². The van der Waals surface area contributed by atoms with Crippen molar-refractivity contribution in [2.45, 2.75) is 0 Å². The summed E-state index contributed by atoms with van der Waals surface area (Å²) in [5.74, 6) is -1.57. The summed E-state index contributed by atoms with van der Waals surface area (Å²) >= 11 is 0. The van der Waals surface area contributed by atoms with Gasteiger partial charge in [0.25, 0.3) is 0 Å². The highest BCUT2D eigenvalue weighted by Crippen LogP contribution is 2.25. The molecule has 0 aliphatic heterocycles. The fourth-order valence-corrected chi connectivity index (χ4v) is 2.14. The molecule has 1 aromatic carbocycles. The van der Waals surface area contributed by atoms with Crippen LogP contribution in [0.15, 0.2) is 54.9 Å². The first-order valence-electron chi connectivity index (χ1n) is 6.98. The van der Waals surface area contributed by atoms with Gasteiger partial charge in [0.15, 0.2) is 11.6 Å². The van der Waals surface area contributed by atoms with Crippen LogP contribution in [0.3, 0.4) is 0 Å². The summed E-state index contributed by atoms with van der Waals surface area (Å²) in [4.78, 5) is 19.3. The van der Waals surface area contributed by atoms with Gasteiger partial charge in [0, 0.05) is 29.1 Å². The maximum Gasteiger partial charge on any atom is 0.248 e. The second-order valence-electron chi connectivity index (χ2n) is 4.95. The van der Waals surface area contributed by atoms with Gasteiger partial charge < -0.3 is 11.1 Å². The molecule has 0 unspecified atom stereocenters. The zero-order valence-electron chi connectivity index (χ0n) is 12.3. The van der Waals surface area contributed by atoms with E-state index in [9.17, 15) is 13.6 Å². The number of benzene rings is 1. The number of primary amides is 1. The van der Waals surface area contributed by atoms with E-state index in [4.69, 9.17) is 5.73 Å². The first-order valence-corrected chi connectivity index (χ1v) is 6.98. The lowest BCUT2D eigenvalue weighted by atomic mass is 10.1. The van der Waals surface area contributed by atoms with E-state index in [0.717, 1.165) is 6.07 Å². The summed E-state index contributed by atoms with van der Waals surface area (Å²) in [5.41, 5.74) is 6.09. The van der Waals surface area contributed by atoms with Crippen molar-refractivity contribution in [1.82, 2.24) is 9.97 Å². The van der Waals surface area contributed by atoms with Gasteiger partial charge >= 0.3 is 0 Å². The Balaban J connectivity index is 1.84. The SMILES string of the molecule is NC(=O)c1ccnc(Nc2ccc(-c3cccc(F)c3F)cn2)c1. The standard InChI is InChI=1S/C17H12F2N4O/c18-13-3-1-2-12(16(13)19)11-4-5-14(22-9-11)23-15-8-10(17(20)24)6-7-21-15/h1-9H,(H2,20,24)(H,21,22,23). The minimum Gasteiger partial charge on any atom is -0.366 e. The zero-order chi connectivity index (χ0) is 17.1. The van der Waals surface area contributed by atoms with Crippen LogP contribution in [0, 0.1) is 11.6 Å². The van der Waals surface area contributed by atoms with Crippen molar-refractivity contribution in [3.05, 3.63) is 72.1 Å². The molecule has 0 bridgehead atoms. The molecule has 0 spiro atoms. The number of rotatable bonds is 4. The Morgan fingerprint density at radius 1 is 1.04 bits per heavy atom. The predicted molar refractivity (Wildman–Crippen MR) is 85.6 cm³/mol. The second kappa shape index (κ2) is 6.41. The maximum absolute atomic E-state index is 13.8. The highest BCUT2D eigenvalue weighted by Gasteiger charge is 2.10. The molecule has 2 aromatic heterocycles. The number of aromatic nitrogens is 2. The average Bonchev–Trinajstić information content (AvgIpc) is 2.58. The van der Waals surface area contributed by atoms with E-state index in [-0.39, 0.29) is 5.56 Å². The largest absolute Gasteiger partial charge is 0.366 e. The molecule has 0 aliphatic carbocycles. The van der Waals surface area contributed by atoms with Crippen molar-refractivity contribution >= 4 is 17.5 Å². The highest BCUT2D eigenvalue weighted by molar-refractivity contribution is 5.93. The van der Waals surface area contributed by atoms with Crippen LogP contribution >= 0.6 is 0 Å². The van der Waals surface area contributed by atoms with Crippen LogP contribution in [-0.4, -0.2) is 15.9 Å². The molecular formula is C17H12F2N4O. The van der Waals surface area contributed by atoms with Crippen LogP contribution in [0.2, 0.25) is 0 Å². The number of nitrogens with two attached hydrogens (primary N) is 1. The second-order valence-corrected chi connectivity index (χ2v) is 4.95. The fourth-order valence-electron chi connectivity index (χ4n) is 2.14. The van der Waals surface area contributed by atoms with E-state index < -0.39 is 17.5 Å². The van der Waals surface area contributed by atoms with Crippen LogP contribution in [0.1, 0.15) is 10.4 Å². The van der Waals surface area contributed by atoms with Crippen molar-refractivity contribution in [3.63, 3.8) is 0 Å². The number of halogens is 2. The lowest BCUT2D eigenvalue weighted by molar-refractivity contribution is 0.1000. The van der Waals surface area contributed by atoms with Crippen LogP contribution in [0.25, 0.3) is 11.1 Å². The van der Waals surface area contributed by atoms with Crippen LogP contribution < -0.4 is 11.1 Å². The van der Waals surface area contributed by atoms with E-state index >= 15 is 0 Å². The molecule has 0 saturated carbocycles. The topological polar surface area (TPSA) is 80.9 Å². The van der Waals surface area contributed by atoms with E-state index in [1.165, 1.54) is 36.7 Å². The molecule has 120 valence electrons. The van der Waals surface area contributed by atoms with Gasteiger partial charge in [0.1, 0.15) is 11.6 Å². The monoisotopic (exact) mass is 326 g/mol. The number of nitrogens with one attached hydrogen (secondary N) is 1. The molecule has 3 rings (SSSR count). The van der Waals surface area contributed by atoms with Crippen molar-refractivity contribution in [3.8, 4) is 11.1 Å². The van der Waals surface area contributed by atoms with Crippen molar-refractivity contribution in [2.75, 3.05) is 5.32 Å². The summed E-state index contributed by atoms with van der Waals surface area (Å²) in [5, 5.41) is 2.91. The van der Waals surface area contributed by atoms with E-state index in [0.29, 0.717) is 22.8 Å². The lowest BCUT2D eigenvalue weighted by Crippen LogP contribution is -2.11. The van der Waals surface area contributed by atoms with Crippen molar-refractivity contribution < 1.29 is 13.6 Å². The molecular weight excluding hydrogens is 314 g/mol. The first kappa shape index (κ1) is 15.5. The smallest absolute Gasteiger partial charge is 0.248 e. The molecule has 3 N–H and O–H groups in total. The molecule has 0 radical (unpaired) electrons. The summed E-state index contributed by atoms with van der Waals surface area (Å²) in [6.07, 6.45) is 2.86. The summed E-state index contributed by atoms with van der Waals surface area (Å²) in [6, 6.07) is 10.1. The Morgan fingerprint density at radius 2 is 1.88 bits per heavy atom. The maximum atomic E-state index is 13.8. The third-order valence-corrected chi connectivity index (χ3v) is 3.33. The Morgan fingerprint density at radius 3 is 2.58 bits per heavy atom. The molecule has 2 heterocycles. The Bertz CT molecular complexity index is 897. The van der Waals surface area contributed by atoms with Gasteiger partial charge in [-0.15, -0.1) is 0 Å². The normalized spacial score (nSPS) is 10.4. The molecule has 7 heteroatoms. The third-order valence-electron chi connectivity index (χ3n) is 3.33. The Labute approximate surface area is 136 Å². The lowest BCUT2D eigenvalue weighted by Gasteiger charge is -2.07. The van der Waals surface area contributed by atoms with Gasteiger partial charge in [0.2, 0.25) is 5.91 Å². The minimum atomic E-state index is -0.921. The average molecular weight is 326 g/mol. The Hall–Kier alpha value is -3.35. The molecule has 24 heavy (non-hydrogen) atoms. The molecule has 0 aliphatic rings. The number of pyridine rings is 2. The van der Waals surface area contributed by atoms with E-state index in [1.54, 1.807) is 12.1 Å². The van der Waals surface area contributed by atoms with Gasteiger partial charge in [-0.05, 0) is 30.3 Å². The number of hydrogen-bond acceptors (Lipinski definition) is 4. The summed E-state index contributed by atoms with van der Waals surface area (Å²) in [7, 11) is 0. The predicted octanol–water partition coefficient (Wildman–Crippen LogP) is 3.26. The molecule has 0 atom stereocenters. The van der Waals surface area contributed by atoms with Crippen LogP contribution in [0.4, 0.5) is 20.4 Å². The van der Waals surface area contributed by atoms with Gasteiger partial charge in [-0.25, -0.2) is 18.7 Å². The van der Waals surface area contributed by atoms with Crippen LogP contribution in [0.5, 0.6) is 0 Å². The third kappa shape index (κ3) is 3.19. The fraction of sp³-hybridized carbons (Fsp3) is 0. The number of anilines is 2. The molecule has 5 nitrogen and oxygen atoms in total. The van der Waals surface area contributed by atoms with Gasteiger partial charge in [0.05, 0.1) is 0 Å². The Kier molecular flexibility index (Phi) is 4.15. The number of carbonyl (C=O) groups excluding carboxylic acids is 1. The number of carbonyl (C=O) groups is 1. The van der Waals surface area contributed by atoms with Crippen LogP contribution in [-0.2, 0) is 0 Å². The number of hydrogen-bond donors (Lipinski definition) is 2. The van der Waals surface area contributed by atoms with Gasteiger partial charge in [-0.3, -0.25) is 4.79 Å². The quantitative estimate of drug-likeness (QED) is 0.771. The van der Waals surface area contributed by atoms with Crippen molar-refractivity contribution in [1.29, 1.82) is 0 Å². The molecule has 1 amide bonds. The highest BCUT2D eigenvalue weighted by atomic mass is 19.2. The van der Waals surface area contributed by atoms with E-state index in [1.807, 2.05) is 0 Å². The van der Waals surface area contributed by atoms with Crippen molar-refractivity contribution in [2.24, 2.45) is 5.73 Å². The number of amides is 1. The summed E-state index contributed by atoms with van der Waals surface area (Å²) < 4.78 is 27.1. The number of nitrogens with zero attached hydrogens (tertiary/aromatic N) is 2. The zero-order valence-corrected chi connectivity index (χ0v) is 12.3.